The molecule has 1 N–H and O–H groups in total. The third-order valence-corrected chi connectivity index (χ3v) is 7.22. The number of nitrogens with one attached hydrogen (secondary N) is 1. The monoisotopic (exact) mass is 445 g/mol. The molecule has 0 radical (unpaired) electrons. The summed E-state index contributed by atoms with van der Waals surface area (Å²) in [5, 5.41) is 8.12. The van der Waals surface area contributed by atoms with Crippen LogP contribution in [0.15, 0.2) is 50.5 Å². The third kappa shape index (κ3) is 4.75. The van der Waals surface area contributed by atoms with Crippen molar-refractivity contribution in [2.45, 2.75) is 26.1 Å². The Morgan fingerprint density at radius 1 is 1.19 bits per heavy atom. The van der Waals surface area contributed by atoms with Gasteiger partial charge >= 0.3 is 0 Å². The van der Waals surface area contributed by atoms with Gasteiger partial charge in [-0.25, -0.2) is 13.4 Å². The zero-order chi connectivity index (χ0) is 21.8. The second kappa shape index (κ2) is 9.11. The van der Waals surface area contributed by atoms with Crippen LogP contribution >= 0.6 is 0 Å². The van der Waals surface area contributed by atoms with Crippen molar-refractivity contribution in [1.82, 2.24) is 19.7 Å². The molecule has 1 aliphatic rings. The maximum Gasteiger partial charge on any atom is 0.220 e. The van der Waals surface area contributed by atoms with Gasteiger partial charge < -0.3 is 19.2 Å². The summed E-state index contributed by atoms with van der Waals surface area (Å²) in [5.41, 5.74) is 2.37. The Morgan fingerprint density at radius 3 is 2.65 bits per heavy atom. The van der Waals surface area contributed by atoms with Crippen LogP contribution in [0.2, 0.25) is 0 Å². The normalized spacial score (nSPS) is 16.2. The van der Waals surface area contributed by atoms with Gasteiger partial charge in [0.1, 0.15) is 29.9 Å². The van der Waals surface area contributed by atoms with Gasteiger partial charge in [0.15, 0.2) is 5.96 Å². The van der Waals surface area contributed by atoms with Gasteiger partial charge in [-0.15, -0.1) is 0 Å². The van der Waals surface area contributed by atoms with Crippen LogP contribution in [0.1, 0.15) is 23.9 Å². The van der Waals surface area contributed by atoms with Crippen LogP contribution in [0.3, 0.4) is 0 Å². The Hall–Kier alpha value is -2.85. The van der Waals surface area contributed by atoms with E-state index in [-0.39, 0.29) is 5.75 Å². The van der Waals surface area contributed by atoms with E-state index >= 15 is 0 Å². The van der Waals surface area contributed by atoms with E-state index in [9.17, 15) is 8.42 Å². The number of guanidine groups is 1. The molecule has 1 aromatic carbocycles. The summed E-state index contributed by atoms with van der Waals surface area (Å²) in [5.74, 6) is 1.45. The fraction of sp³-hybridized carbons (Fsp3) is 0.429. The molecule has 10 heteroatoms. The lowest BCUT2D eigenvalue weighted by Crippen LogP contribution is -2.53. The smallest absolute Gasteiger partial charge is 0.220 e. The van der Waals surface area contributed by atoms with Crippen LogP contribution in [0, 0.1) is 6.92 Å². The first kappa shape index (κ1) is 21.4. The van der Waals surface area contributed by atoms with Crippen LogP contribution in [0.25, 0.3) is 11.0 Å². The number of hydrogen-bond acceptors (Lipinski definition) is 6. The van der Waals surface area contributed by atoms with Gasteiger partial charge in [-0.1, -0.05) is 23.4 Å². The van der Waals surface area contributed by atoms with Crippen molar-refractivity contribution in [1.29, 1.82) is 0 Å². The molecule has 2 aromatic heterocycles. The molecule has 0 saturated carbocycles. The lowest BCUT2D eigenvalue weighted by atomic mass is 10.1. The molecule has 0 aliphatic carbocycles. The first-order valence-corrected chi connectivity index (χ1v) is 12.0. The van der Waals surface area contributed by atoms with E-state index in [0.717, 1.165) is 34.8 Å². The summed E-state index contributed by atoms with van der Waals surface area (Å²) in [6.45, 7) is 7.12. The zero-order valence-electron chi connectivity index (χ0n) is 17.7. The number of benzene rings is 1. The van der Waals surface area contributed by atoms with Crippen molar-refractivity contribution >= 4 is 27.0 Å². The number of sulfonamides is 1. The van der Waals surface area contributed by atoms with Gasteiger partial charge in [0.25, 0.3) is 0 Å². The third-order valence-electron chi connectivity index (χ3n) is 5.40. The number of hydrogen-bond donors (Lipinski definition) is 1. The Labute approximate surface area is 181 Å². The summed E-state index contributed by atoms with van der Waals surface area (Å²) in [6, 6.07) is 9.53. The molecule has 31 heavy (non-hydrogen) atoms. The van der Waals surface area contributed by atoms with Crippen LogP contribution < -0.4 is 5.32 Å². The maximum atomic E-state index is 12.7. The van der Waals surface area contributed by atoms with Crippen molar-refractivity contribution in [2.75, 3.05) is 32.7 Å². The molecule has 4 rings (SSSR count). The molecule has 0 atom stereocenters. The fourth-order valence-electron chi connectivity index (χ4n) is 3.72. The minimum absolute atomic E-state index is 0.150. The number of aliphatic imine (C=N–C) groups is 1. The molecule has 1 saturated heterocycles. The maximum absolute atomic E-state index is 12.7. The highest BCUT2D eigenvalue weighted by atomic mass is 32.2. The quantitative estimate of drug-likeness (QED) is 0.459. The highest BCUT2D eigenvalue weighted by molar-refractivity contribution is 7.88. The molecule has 0 spiro atoms. The minimum atomic E-state index is -3.43. The van der Waals surface area contributed by atoms with Gasteiger partial charge in [0, 0.05) is 49.7 Å². The summed E-state index contributed by atoms with van der Waals surface area (Å²) in [6.07, 6.45) is 1.38. The standard InChI is InChI=1S/C21H27N5O4S/c1-3-22-21(23-14-20-16(2)18-6-4-5-7-19(18)30-20)25-9-11-26(12-10-25)31(27,28)15-17-8-13-29-24-17/h4-8,13H,3,9-12,14-15H2,1-2H3,(H,22,23). The Kier molecular flexibility index (Phi) is 6.28. The second-order valence-corrected chi connectivity index (χ2v) is 9.42. The minimum Gasteiger partial charge on any atom is -0.459 e. The molecule has 9 nitrogen and oxygen atoms in total. The van der Waals surface area contributed by atoms with Crippen LogP contribution in [-0.4, -0.2) is 61.5 Å². The topological polar surface area (TPSA) is 104 Å². The Balaban J connectivity index is 1.42. The van der Waals surface area contributed by atoms with Crippen LogP contribution in [0.5, 0.6) is 0 Å². The van der Waals surface area contributed by atoms with E-state index in [4.69, 9.17) is 13.9 Å². The van der Waals surface area contributed by atoms with Crippen LogP contribution in [0.4, 0.5) is 0 Å². The summed E-state index contributed by atoms with van der Waals surface area (Å²) >= 11 is 0. The van der Waals surface area contributed by atoms with Crippen molar-refractivity contribution in [3.05, 3.63) is 53.6 Å². The Bertz CT molecular complexity index is 1150. The molecule has 0 unspecified atom stereocenters. The second-order valence-electron chi connectivity index (χ2n) is 7.45. The average Bonchev–Trinajstić information content (AvgIpc) is 3.39. The zero-order valence-corrected chi connectivity index (χ0v) is 18.6. The molecule has 1 fully saturated rings. The first-order chi connectivity index (χ1) is 15.0. The van der Waals surface area contributed by atoms with E-state index in [2.05, 4.69) is 15.4 Å². The predicted octanol–water partition coefficient (Wildman–Crippen LogP) is 2.34. The lowest BCUT2D eigenvalue weighted by molar-refractivity contribution is 0.259. The number of aromatic nitrogens is 1. The van der Waals surface area contributed by atoms with Gasteiger partial charge in [-0.2, -0.15) is 4.31 Å². The van der Waals surface area contributed by atoms with E-state index in [1.165, 1.54) is 10.6 Å². The van der Waals surface area contributed by atoms with Crippen molar-refractivity contribution < 1.29 is 17.4 Å². The molecular formula is C21H27N5O4S. The SMILES string of the molecule is CCNC(=NCc1oc2ccccc2c1C)N1CCN(S(=O)(=O)Cc2ccon2)CC1. The molecule has 3 aromatic rings. The van der Waals surface area contributed by atoms with Crippen molar-refractivity contribution in [2.24, 2.45) is 4.99 Å². The van der Waals surface area contributed by atoms with E-state index < -0.39 is 10.0 Å². The number of rotatable bonds is 6. The van der Waals surface area contributed by atoms with E-state index in [1.54, 1.807) is 6.07 Å². The number of fused-ring (bicyclic) bond motifs is 1. The molecule has 0 bridgehead atoms. The average molecular weight is 446 g/mol. The molecule has 3 heterocycles. The fourth-order valence-corrected chi connectivity index (χ4v) is 5.14. The molecule has 0 amide bonds. The number of nitrogens with zero attached hydrogens (tertiary/aromatic N) is 4. The number of furan rings is 1. The van der Waals surface area contributed by atoms with Gasteiger partial charge in [0.2, 0.25) is 10.0 Å². The highest BCUT2D eigenvalue weighted by Crippen LogP contribution is 2.25. The molecule has 166 valence electrons. The molecular weight excluding hydrogens is 418 g/mol. The number of aryl methyl sites for hydroxylation is 1. The summed E-state index contributed by atoms with van der Waals surface area (Å²) in [4.78, 5) is 6.85. The number of para-hydroxylation sites is 1. The lowest BCUT2D eigenvalue weighted by Gasteiger charge is -2.35. The summed E-state index contributed by atoms with van der Waals surface area (Å²) < 4.78 is 37.5. The van der Waals surface area contributed by atoms with Gasteiger partial charge in [-0.3, -0.25) is 0 Å². The van der Waals surface area contributed by atoms with Crippen LogP contribution in [-0.2, 0) is 22.3 Å². The summed E-state index contributed by atoms with van der Waals surface area (Å²) in [7, 11) is -3.43. The van der Waals surface area contributed by atoms with Crippen molar-refractivity contribution in [3.8, 4) is 0 Å². The first-order valence-electron chi connectivity index (χ1n) is 10.4. The van der Waals surface area contributed by atoms with Crippen molar-refractivity contribution in [3.63, 3.8) is 0 Å². The van der Waals surface area contributed by atoms with Gasteiger partial charge in [0.05, 0.1) is 5.69 Å². The highest BCUT2D eigenvalue weighted by Gasteiger charge is 2.29. The van der Waals surface area contributed by atoms with E-state index in [0.29, 0.717) is 38.4 Å². The van der Waals surface area contributed by atoms with E-state index in [1.807, 2.05) is 38.1 Å². The molecule has 1 aliphatic heterocycles. The largest absolute Gasteiger partial charge is 0.459 e. The predicted molar refractivity (Wildman–Crippen MR) is 118 cm³/mol. The Morgan fingerprint density at radius 2 is 1.97 bits per heavy atom. The number of piperazine rings is 1. The van der Waals surface area contributed by atoms with Gasteiger partial charge in [-0.05, 0) is 19.9 Å².